The lowest BCUT2D eigenvalue weighted by atomic mass is 9.95. The number of carbonyl (C=O) groups is 1. The summed E-state index contributed by atoms with van der Waals surface area (Å²) in [6.45, 7) is 4.70. The Labute approximate surface area is 129 Å². The Bertz CT molecular complexity index is 326. The van der Waals surface area contributed by atoms with Crippen LogP contribution in [0.1, 0.15) is 32.1 Å². The number of rotatable bonds is 6. The molecule has 0 aromatic carbocycles. The van der Waals surface area contributed by atoms with E-state index in [-0.39, 0.29) is 11.8 Å². The average molecular weight is 296 g/mol. The highest BCUT2D eigenvalue weighted by atomic mass is 16.1. The maximum atomic E-state index is 12.2. The van der Waals surface area contributed by atoms with Crippen molar-refractivity contribution < 1.29 is 4.79 Å². The van der Waals surface area contributed by atoms with Crippen molar-refractivity contribution in [3.63, 3.8) is 0 Å². The second-order valence-corrected chi connectivity index (χ2v) is 6.86. The fourth-order valence-corrected chi connectivity index (χ4v) is 3.79. The summed E-state index contributed by atoms with van der Waals surface area (Å²) in [6.07, 6.45) is 5.75. The standard InChI is InChI=1S/C16H32N4O/c1-19(2)14-6-9-20(10-7-14)11-8-18-16(21)15-5-3-4-13(15)12-17/h13-15H,3-12,17H2,1-2H3,(H,18,21)/t13-,15-/m1/s1. The molecule has 21 heavy (non-hydrogen) atoms. The zero-order valence-corrected chi connectivity index (χ0v) is 13.7. The molecule has 1 aliphatic carbocycles. The van der Waals surface area contributed by atoms with E-state index in [9.17, 15) is 4.79 Å². The Hall–Kier alpha value is -0.650. The lowest BCUT2D eigenvalue weighted by molar-refractivity contribution is -0.126. The van der Waals surface area contributed by atoms with E-state index in [4.69, 9.17) is 5.73 Å². The van der Waals surface area contributed by atoms with Crippen molar-refractivity contribution in [1.29, 1.82) is 0 Å². The van der Waals surface area contributed by atoms with Gasteiger partial charge in [-0.05, 0) is 65.3 Å². The second kappa shape index (κ2) is 8.11. The van der Waals surface area contributed by atoms with Crippen LogP contribution in [0.3, 0.4) is 0 Å². The van der Waals surface area contributed by atoms with Crippen molar-refractivity contribution in [2.45, 2.75) is 38.1 Å². The summed E-state index contributed by atoms with van der Waals surface area (Å²) in [5.74, 6) is 0.793. The van der Waals surface area contributed by atoms with Crippen molar-refractivity contribution in [3.8, 4) is 0 Å². The highest BCUT2D eigenvalue weighted by Crippen LogP contribution is 2.30. The first-order valence-corrected chi connectivity index (χ1v) is 8.48. The highest BCUT2D eigenvalue weighted by molar-refractivity contribution is 5.79. The van der Waals surface area contributed by atoms with Gasteiger partial charge in [-0.3, -0.25) is 4.79 Å². The van der Waals surface area contributed by atoms with E-state index >= 15 is 0 Å². The number of likely N-dealkylation sites (tertiary alicyclic amines) is 1. The molecule has 1 aliphatic heterocycles. The molecular weight excluding hydrogens is 264 g/mol. The zero-order chi connectivity index (χ0) is 15.2. The number of nitrogens with one attached hydrogen (secondary N) is 1. The van der Waals surface area contributed by atoms with Gasteiger partial charge in [-0.25, -0.2) is 0 Å². The van der Waals surface area contributed by atoms with Gasteiger partial charge < -0.3 is 20.9 Å². The van der Waals surface area contributed by atoms with Gasteiger partial charge in [-0.15, -0.1) is 0 Å². The molecule has 1 heterocycles. The van der Waals surface area contributed by atoms with E-state index in [0.717, 1.165) is 51.5 Å². The van der Waals surface area contributed by atoms with Crippen molar-refractivity contribution in [2.24, 2.45) is 17.6 Å². The lowest BCUT2D eigenvalue weighted by Gasteiger charge is -2.35. The fourth-order valence-electron chi connectivity index (χ4n) is 3.79. The third-order valence-electron chi connectivity index (χ3n) is 5.31. The summed E-state index contributed by atoms with van der Waals surface area (Å²) in [6, 6.07) is 0.722. The first-order valence-electron chi connectivity index (χ1n) is 8.48. The molecule has 0 spiro atoms. The normalized spacial score (nSPS) is 28.2. The Morgan fingerprint density at radius 1 is 1.24 bits per heavy atom. The first kappa shape index (κ1) is 16.7. The summed E-state index contributed by atoms with van der Waals surface area (Å²) < 4.78 is 0. The molecule has 0 bridgehead atoms. The molecule has 0 aromatic rings. The number of nitrogens with zero attached hydrogens (tertiary/aromatic N) is 2. The van der Waals surface area contributed by atoms with Gasteiger partial charge in [0, 0.05) is 25.0 Å². The maximum Gasteiger partial charge on any atom is 0.223 e. The van der Waals surface area contributed by atoms with Crippen LogP contribution in [0, 0.1) is 11.8 Å². The fraction of sp³-hybridized carbons (Fsp3) is 0.938. The molecule has 0 radical (unpaired) electrons. The molecule has 1 saturated carbocycles. The van der Waals surface area contributed by atoms with Crippen molar-refractivity contribution in [1.82, 2.24) is 15.1 Å². The van der Waals surface area contributed by atoms with Gasteiger partial charge in [0.05, 0.1) is 0 Å². The van der Waals surface area contributed by atoms with Crippen LogP contribution in [0.5, 0.6) is 0 Å². The van der Waals surface area contributed by atoms with Gasteiger partial charge in [-0.1, -0.05) is 6.42 Å². The van der Waals surface area contributed by atoms with E-state index in [1.165, 1.54) is 12.8 Å². The lowest BCUT2D eigenvalue weighted by Crippen LogP contribution is -2.45. The van der Waals surface area contributed by atoms with Gasteiger partial charge >= 0.3 is 0 Å². The quantitative estimate of drug-likeness (QED) is 0.749. The van der Waals surface area contributed by atoms with Gasteiger partial charge in [-0.2, -0.15) is 0 Å². The molecule has 1 amide bonds. The van der Waals surface area contributed by atoms with E-state index in [0.29, 0.717) is 12.5 Å². The molecule has 0 unspecified atom stereocenters. The van der Waals surface area contributed by atoms with Crippen LogP contribution in [-0.4, -0.2) is 68.6 Å². The zero-order valence-electron chi connectivity index (χ0n) is 13.7. The Kier molecular flexibility index (Phi) is 6.45. The van der Waals surface area contributed by atoms with Crippen LogP contribution in [0.15, 0.2) is 0 Å². The molecule has 1 saturated heterocycles. The molecule has 122 valence electrons. The molecule has 2 atom stereocenters. The number of piperidine rings is 1. The number of carbonyl (C=O) groups excluding carboxylic acids is 1. The predicted molar refractivity (Wildman–Crippen MR) is 86.0 cm³/mol. The molecule has 2 aliphatic rings. The Morgan fingerprint density at radius 3 is 2.57 bits per heavy atom. The second-order valence-electron chi connectivity index (χ2n) is 6.86. The molecule has 5 nitrogen and oxygen atoms in total. The minimum atomic E-state index is 0.162. The Morgan fingerprint density at radius 2 is 1.95 bits per heavy atom. The minimum Gasteiger partial charge on any atom is -0.355 e. The number of hydrogen-bond donors (Lipinski definition) is 2. The van der Waals surface area contributed by atoms with Gasteiger partial charge in [0.25, 0.3) is 0 Å². The maximum absolute atomic E-state index is 12.2. The molecular formula is C16H32N4O. The van der Waals surface area contributed by atoms with Crippen LogP contribution in [-0.2, 0) is 4.79 Å². The van der Waals surface area contributed by atoms with Gasteiger partial charge in [0.15, 0.2) is 0 Å². The van der Waals surface area contributed by atoms with Crippen LogP contribution < -0.4 is 11.1 Å². The minimum absolute atomic E-state index is 0.162. The largest absolute Gasteiger partial charge is 0.355 e. The molecule has 2 rings (SSSR count). The smallest absolute Gasteiger partial charge is 0.223 e. The predicted octanol–water partition coefficient (Wildman–Crippen LogP) is 0.504. The van der Waals surface area contributed by atoms with Crippen LogP contribution >= 0.6 is 0 Å². The van der Waals surface area contributed by atoms with Crippen molar-refractivity contribution >= 4 is 5.91 Å². The van der Waals surface area contributed by atoms with Gasteiger partial charge in [0.2, 0.25) is 5.91 Å². The summed E-state index contributed by atoms with van der Waals surface area (Å²) in [7, 11) is 4.33. The van der Waals surface area contributed by atoms with Gasteiger partial charge in [0.1, 0.15) is 0 Å². The molecule has 3 N–H and O–H groups in total. The molecule has 0 aromatic heterocycles. The summed E-state index contributed by atoms with van der Waals surface area (Å²) in [5.41, 5.74) is 5.75. The van der Waals surface area contributed by atoms with Crippen LogP contribution in [0.25, 0.3) is 0 Å². The van der Waals surface area contributed by atoms with Crippen LogP contribution in [0.4, 0.5) is 0 Å². The third-order valence-corrected chi connectivity index (χ3v) is 5.31. The van der Waals surface area contributed by atoms with E-state index in [2.05, 4.69) is 29.2 Å². The third kappa shape index (κ3) is 4.66. The number of nitrogens with two attached hydrogens (primary N) is 1. The van der Waals surface area contributed by atoms with E-state index in [1.54, 1.807) is 0 Å². The summed E-state index contributed by atoms with van der Waals surface area (Å²) in [5, 5.41) is 3.12. The highest BCUT2D eigenvalue weighted by Gasteiger charge is 2.31. The average Bonchev–Trinajstić information content (AvgIpc) is 2.96. The summed E-state index contributed by atoms with van der Waals surface area (Å²) in [4.78, 5) is 17.0. The van der Waals surface area contributed by atoms with Crippen LogP contribution in [0.2, 0.25) is 0 Å². The first-order chi connectivity index (χ1) is 10.1. The SMILES string of the molecule is CN(C)C1CCN(CCNC(=O)[C@@H]2CCC[C@@H]2CN)CC1. The number of amides is 1. The van der Waals surface area contributed by atoms with E-state index < -0.39 is 0 Å². The van der Waals surface area contributed by atoms with E-state index in [1.807, 2.05) is 0 Å². The van der Waals surface area contributed by atoms with Crippen molar-refractivity contribution in [2.75, 3.05) is 46.8 Å². The summed E-state index contributed by atoms with van der Waals surface area (Å²) >= 11 is 0. The monoisotopic (exact) mass is 296 g/mol. The Balaban J connectivity index is 1.62. The molecule has 5 heteroatoms. The van der Waals surface area contributed by atoms with Crippen molar-refractivity contribution in [3.05, 3.63) is 0 Å². The number of hydrogen-bond acceptors (Lipinski definition) is 4. The topological polar surface area (TPSA) is 61.6 Å². The molecule has 2 fully saturated rings.